The maximum atomic E-state index is 11.0. The van der Waals surface area contributed by atoms with Gasteiger partial charge in [0.25, 0.3) is 0 Å². The van der Waals surface area contributed by atoms with Crippen molar-refractivity contribution < 1.29 is 9.53 Å². The van der Waals surface area contributed by atoms with Crippen LogP contribution in [-0.2, 0) is 9.53 Å². The van der Waals surface area contributed by atoms with Gasteiger partial charge in [0.15, 0.2) is 0 Å². The maximum absolute atomic E-state index is 11.0. The molecule has 1 unspecified atom stereocenters. The molecule has 0 aromatic rings. The fourth-order valence-corrected chi connectivity index (χ4v) is 0.793. The predicted molar refractivity (Wildman–Crippen MR) is 53.3 cm³/mol. The molecule has 1 atom stereocenters. The van der Waals surface area contributed by atoms with Gasteiger partial charge in [0, 0.05) is 6.04 Å². The van der Waals surface area contributed by atoms with Gasteiger partial charge < -0.3 is 10.5 Å². The van der Waals surface area contributed by atoms with Crippen LogP contribution in [0, 0.1) is 5.41 Å². The van der Waals surface area contributed by atoms with Crippen molar-refractivity contribution in [2.45, 2.75) is 46.6 Å². The Balaban J connectivity index is 3.49. The fraction of sp³-hybridized carbons (Fsp3) is 0.900. The Labute approximate surface area is 80.6 Å². The van der Waals surface area contributed by atoms with Gasteiger partial charge in [0.05, 0.1) is 13.0 Å². The van der Waals surface area contributed by atoms with E-state index in [9.17, 15) is 4.79 Å². The summed E-state index contributed by atoms with van der Waals surface area (Å²) >= 11 is 0. The molecule has 0 rings (SSSR count). The monoisotopic (exact) mass is 187 g/mol. The van der Waals surface area contributed by atoms with Crippen LogP contribution >= 0.6 is 0 Å². The highest BCUT2D eigenvalue weighted by atomic mass is 16.5. The minimum absolute atomic E-state index is 0.109. The summed E-state index contributed by atoms with van der Waals surface area (Å²) in [7, 11) is 0. The highest BCUT2D eigenvalue weighted by Crippen LogP contribution is 2.17. The summed E-state index contributed by atoms with van der Waals surface area (Å²) in [5, 5.41) is 0. The van der Waals surface area contributed by atoms with E-state index in [-0.39, 0.29) is 17.4 Å². The number of hydrogen-bond donors (Lipinski definition) is 1. The average Bonchev–Trinajstić information content (AvgIpc) is 1.81. The van der Waals surface area contributed by atoms with Crippen LogP contribution in [0.2, 0.25) is 0 Å². The first kappa shape index (κ1) is 12.4. The molecule has 0 aliphatic heterocycles. The standard InChI is InChI=1S/C10H21NO2/c1-8(11)7-9(12)13-6-5-10(2,3)4/h8H,5-7,11H2,1-4H3. The van der Waals surface area contributed by atoms with Gasteiger partial charge in [-0.25, -0.2) is 0 Å². The minimum Gasteiger partial charge on any atom is -0.466 e. The van der Waals surface area contributed by atoms with Crippen LogP contribution < -0.4 is 5.73 Å². The highest BCUT2D eigenvalue weighted by molar-refractivity contribution is 5.69. The second-order valence-corrected chi connectivity index (χ2v) is 4.71. The smallest absolute Gasteiger partial charge is 0.307 e. The van der Waals surface area contributed by atoms with Gasteiger partial charge in [-0.15, -0.1) is 0 Å². The number of nitrogens with two attached hydrogens (primary N) is 1. The van der Waals surface area contributed by atoms with Gasteiger partial charge in [0.2, 0.25) is 0 Å². The third-order valence-corrected chi connectivity index (χ3v) is 1.60. The molecule has 2 N–H and O–H groups in total. The maximum Gasteiger partial charge on any atom is 0.307 e. The van der Waals surface area contributed by atoms with Crippen molar-refractivity contribution in [3.8, 4) is 0 Å². The largest absolute Gasteiger partial charge is 0.466 e. The topological polar surface area (TPSA) is 52.3 Å². The van der Waals surface area contributed by atoms with Gasteiger partial charge in [-0.2, -0.15) is 0 Å². The quantitative estimate of drug-likeness (QED) is 0.681. The van der Waals surface area contributed by atoms with Crippen LogP contribution in [0.15, 0.2) is 0 Å². The Morgan fingerprint density at radius 1 is 1.46 bits per heavy atom. The number of carbonyl (C=O) groups excluding carboxylic acids is 1. The zero-order valence-electron chi connectivity index (χ0n) is 9.09. The van der Waals surface area contributed by atoms with E-state index >= 15 is 0 Å². The molecule has 0 bridgehead atoms. The Kier molecular flexibility index (Phi) is 4.99. The molecule has 0 aliphatic carbocycles. The molecule has 78 valence electrons. The second-order valence-electron chi connectivity index (χ2n) is 4.71. The van der Waals surface area contributed by atoms with Gasteiger partial charge in [-0.05, 0) is 18.8 Å². The van der Waals surface area contributed by atoms with E-state index in [0.29, 0.717) is 13.0 Å². The van der Waals surface area contributed by atoms with Crippen molar-refractivity contribution in [1.29, 1.82) is 0 Å². The molecule has 0 amide bonds. The molecule has 0 spiro atoms. The van der Waals surface area contributed by atoms with Crippen LogP contribution in [0.4, 0.5) is 0 Å². The van der Waals surface area contributed by atoms with E-state index < -0.39 is 0 Å². The van der Waals surface area contributed by atoms with Crippen molar-refractivity contribution in [3.05, 3.63) is 0 Å². The third-order valence-electron chi connectivity index (χ3n) is 1.60. The molecule has 0 aromatic heterocycles. The lowest BCUT2D eigenvalue weighted by atomic mass is 9.93. The summed E-state index contributed by atoms with van der Waals surface area (Å²) in [5.41, 5.74) is 5.67. The summed E-state index contributed by atoms with van der Waals surface area (Å²) in [6.45, 7) is 8.64. The molecular weight excluding hydrogens is 166 g/mol. The SMILES string of the molecule is CC(N)CC(=O)OCCC(C)(C)C. The molecule has 0 heterocycles. The van der Waals surface area contributed by atoms with Gasteiger partial charge in [0.1, 0.15) is 0 Å². The first-order chi connectivity index (χ1) is 5.81. The molecule has 0 aliphatic rings. The summed E-state index contributed by atoms with van der Waals surface area (Å²) < 4.78 is 5.01. The molecule has 0 saturated heterocycles. The number of hydrogen-bond acceptors (Lipinski definition) is 3. The summed E-state index contributed by atoms with van der Waals surface area (Å²) in [6.07, 6.45) is 1.20. The third kappa shape index (κ3) is 9.34. The molecule has 0 aromatic carbocycles. The average molecular weight is 187 g/mol. The van der Waals surface area contributed by atoms with Gasteiger partial charge in [-0.3, -0.25) is 4.79 Å². The number of rotatable bonds is 4. The lowest BCUT2D eigenvalue weighted by molar-refractivity contribution is -0.144. The zero-order chi connectivity index (χ0) is 10.5. The molecule has 3 nitrogen and oxygen atoms in total. The van der Waals surface area contributed by atoms with E-state index in [1.165, 1.54) is 0 Å². The van der Waals surface area contributed by atoms with Gasteiger partial charge in [-0.1, -0.05) is 20.8 Å². The van der Waals surface area contributed by atoms with Crippen molar-refractivity contribution in [3.63, 3.8) is 0 Å². The number of carbonyl (C=O) groups is 1. The molecule has 13 heavy (non-hydrogen) atoms. The Morgan fingerprint density at radius 3 is 2.38 bits per heavy atom. The van der Waals surface area contributed by atoms with Crippen molar-refractivity contribution in [2.24, 2.45) is 11.1 Å². The Morgan fingerprint density at radius 2 is 2.00 bits per heavy atom. The molecule has 0 fully saturated rings. The van der Waals surface area contributed by atoms with Crippen LogP contribution in [0.1, 0.15) is 40.5 Å². The predicted octanol–water partition coefficient (Wildman–Crippen LogP) is 1.70. The van der Waals surface area contributed by atoms with E-state index in [0.717, 1.165) is 6.42 Å². The van der Waals surface area contributed by atoms with E-state index in [1.807, 2.05) is 0 Å². The molecule has 0 radical (unpaired) electrons. The number of ether oxygens (including phenoxy) is 1. The van der Waals surface area contributed by atoms with Crippen LogP contribution in [0.3, 0.4) is 0 Å². The Hall–Kier alpha value is -0.570. The first-order valence-corrected chi connectivity index (χ1v) is 4.72. The lowest BCUT2D eigenvalue weighted by Gasteiger charge is -2.17. The van der Waals surface area contributed by atoms with E-state index in [2.05, 4.69) is 20.8 Å². The minimum atomic E-state index is -0.195. The highest BCUT2D eigenvalue weighted by Gasteiger charge is 2.12. The zero-order valence-corrected chi connectivity index (χ0v) is 9.09. The van der Waals surface area contributed by atoms with E-state index in [1.54, 1.807) is 6.92 Å². The fourth-order valence-electron chi connectivity index (χ4n) is 0.793. The summed E-state index contributed by atoms with van der Waals surface area (Å²) in [5.74, 6) is -0.195. The van der Waals surface area contributed by atoms with Crippen LogP contribution in [-0.4, -0.2) is 18.6 Å². The van der Waals surface area contributed by atoms with Crippen molar-refractivity contribution in [2.75, 3.05) is 6.61 Å². The first-order valence-electron chi connectivity index (χ1n) is 4.72. The van der Waals surface area contributed by atoms with Crippen LogP contribution in [0.5, 0.6) is 0 Å². The molecule has 0 saturated carbocycles. The molecular formula is C10H21NO2. The van der Waals surface area contributed by atoms with Gasteiger partial charge >= 0.3 is 5.97 Å². The second kappa shape index (κ2) is 5.22. The normalized spacial score (nSPS) is 13.9. The lowest BCUT2D eigenvalue weighted by Crippen LogP contribution is -2.22. The van der Waals surface area contributed by atoms with Crippen molar-refractivity contribution in [1.82, 2.24) is 0 Å². The van der Waals surface area contributed by atoms with Crippen molar-refractivity contribution >= 4 is 5.97 Å². The molecule has 3 heteroatoms. The van der Waals surface area contributed by atoms with Crippen LogP contribution in [0.25, 0.3) is 0 Å². The number of esters is 1. The summed E-state index contributed by atoms with van der Waals surface area (Å²) in [4.78, 5) is 11.0. The van der Waals surface area contributed by atoms with E-state index in [4.69, 9.17) is 10.5 Å². The summed E-state index contributed by atoms with van der Waals surface area (Å²) in [6, 6.07) is -0.109. The Bertz CT molecular complexity index is 159.